The van der Waals surface area contributed by atoms with E-state index in [1.807, 2.05) is 13.8 Å². The Kier molecular flexibility index (Phi) is 3.79. The van der Waals surface area contributed by atoms with Crippen LogP contribution in [0.5, 0.6) is 0 Å². The van der Waals surface area contributed by atoms with Crippen LogP contribution in [0.25, 0.3) is 0 Å². The molecule has 2 rings (SSSR count). The molecule has 8 heteroatoms. The number of benzene rings is 1. The first kappa shape index (κ1) is 15.8. The van der Waals surface area contributed by atoms with Gasteiger partial charge in [0.2, 0.25) is 15.8 Å². The Balaban J connectivity index is 2.51. The van der Waals surface area contributed by atoms with E-state index in [0.29, 0.717) is 19.5 Å². The van der Waals surface area contributed by atoms with Crippen molar-refractivity contribution in [2.45, 2.75) is 32.1 Å². The van der Waals surface area contributed by atoms with Gasteiger partial charge in [-0.1, -0.05) is 13.8 Å². The number of hydrogen-bond donors (Lipinski definition) is 0. The van der Waals surface area contributed by atoms with E-state index in [9.17, 15) is 22.9 Å². The Morgan fingerprint density at radius 3 is 2.48 bits per heavy atom. The number of aryl methyl sites for hydroxylation is 1. The van der Waals surface area contributed by atoms with Gasteiger partial charge in [-0.2, -0.15) is 8.70 Å². The van der Waals surface area contributed by atoms with Gasteiger partial charge in [0.1, 0.15) is 0 Å². The number of halogens is 1. The molecular formula is C13H17FN2O4S. The number of rotatable bonds is 3. The number of nitro groups is 1. The van der Waals surface area contributed by atoms with Gasteiger partial charge in [0.15, 0.2) is 0 Å². The van der Waals surface area contributed by atoms with Crippen LogP contribution in [0.1, 0.15) is 25.8 Å². The van der Waals surface area contributed by atoms with Crippen molar-refractivity contribution in [1.29, 1.82) is 0 Å². The van der Waals surface area contributed by atoms with Crippen molar-refractivity contribution in [3.8, 4) is 0 Å². The number of nitro benzene ring substituents is 1. The third-order valence-corrected chi connectivity index (χ3v) is 5.69. The van der Waals surface area contributed by atoms with Crippen molar-refractivity contribution >= 4 is 15.7 Å². The lowest BCUT2D eigenvalue weighted by molar-refractivity contribution is -0.387. The molecule has 0 aromatic heterocycles. The van der Waals surface area contributed by atoms with E-state index in [4.69, 9.17) is 0 Å². The molecule has 1 aliphatic heterocycles. The van der Waals surface area contributed by atoms with E-state index in [0.717, 1.165) is 12.1 Å². The highest BCUT2D eigenvalue weighted by molar-refractivity contribution is 7.89. The molecule has 21 heavy (non-hydrogen) atoms. The Morgan fingerprint density at radius 1 is 1.38 bits per heavy atom. The van der Waals surface area contributed by atoms with Gasteiger partial charge in [-0.25, -0.2) is 8.42 Å². The topological polar surface area (TPSA) is 80.5 Å². The van der Waals surface area contributed by atoms with E-state index in [1.165, 1.54) is 11.2 Å². The summed E-state index contributed by atoms with van der Waals surface area (Å²) in [6.07, 6.45) is 0.717. The normalized spacial score (nSPS) is 18.9. The summed E-state index contributed by atoms with van der Waals surface area (Å²) < 4.78 is 40.0. The molecule has 0 N–H and O–H groups in total. The molecule has 116 valence electrons. The zero-order valence-electron chi connectivity index (χ0n) is 12.1. The van der Waals surface area contributed by atoms with Gasteiger partial charge < -0.3 is 0 Å². The molecule has 1 aromatic carbocycles. The first-order valence-corrected chi connectivity index (χ1v) is 7.93. The second kappa shape index (κ2) is 5.03. The van der Waals surface area contributed by atoms with Crippen LogP contribution >= 0.6 is 0 Å². The smallest absolute Gasteiger partial charge is 0.258 e. The van der Waals surface area contributed by atoms with Crippen molar-refractivity contribution in [3.05, 3.63) is 33.6 Å². The SMILES string of the molecule is Cc1cc(F)c([N+](=O)[O-])cc1S(=O)(=O)N1CCC(C)(C)C1. The molecule has 1 aromatic rings. The standard InChI is InChI=1S/C13H17FN2O4S/c1-9-6-10(14)11(16(17)18)7-12(9)21(19,20)15-5-4-13(2,3)8-15/h6-7H,4-5,8H2,1-3H3. The Bertz CT molecular complexity index is 700. The van der Waals surface area contributed by atoms with Crippen LogP contribution in [0.2, 0.25) is 0 Å². The first-order chi connectivity index (χ1) is 9.54. The van der Waals surface area contributed by atoms with E-state index in [1.54, 1.807) is 0 Å². The van der Waals surface area contributed by atoms with Gasteiger partial charge in [-0.15, -0.1) is 0 Å². The minimum Gasteiger partial charge on any atom is -0.258 e. The molecular weight excluding hydrogens is 299 g/mol. The van der Waals surface area contributed by atoms with Crippen LogP contribution in [0, 0.1) is 28.3 Å². The molecule has 0 spiro atoms. The number of sulfonamides is 1. The highest BCUT2D eigenvalue weighted by Crippen LogP contribution is 2.34. The monoisotopic (exact) mass is 316 g/mol. The van der Waals surface area contributed by atoms with E-state index >= 15 is 0 Å². The summed E-state index contributed by atoms with van der Waals surface area (Å²) in [6.45, 7) is 6.06. The third kappa shape index (κ3) is 2.91. The van der Waals surface area contributed by atoms with Crippen molar-refractivity contribution in [2.24, 2.45) is 5.41 Å². The lowest BCUT2D eigenvalue weighted by atomic mass is 9.93. The fourth-order valence-corrected chi connectivity index (χ4v) is 4.32. The van der Waals surface area contributed by atoms with Crippen LogP contribution < -0.4 is 0 Å². The molecule has 1 heterocycles. The zero-order valence-corrected chi connectivity index (χ0v) is 12.9. The van der Waals surface area contributed by atoms with Gasteiger partial charge in [0, 0.05) is 19.2 Å². The quantitative estimate of drug-likeness (QED) is 0.633. The largest absolute Gasteiger partial charge is 0.306 e. The van der Waals surface area contributed by atoms with Gasteiger partial charge >= 0.3 is 5.69 Å². The fraction of sp³-hybridized carbons (Fsp3) is 0.538. The minimum absolute atomic E-state index is 0.132. The number of nitrogens with zero attached hydrogens (tertiary/aromatic N) is 2. The number of hydrogen-bond acceptors (Lipinski definition) is 4. The second-order valence-electron chi connectivity index (χ2n) is 6.08. The first-order valence-electron chi connectivity index (χ1n) is 6.49. The average Bonchev–Trinajstić information content (AvgIpc) is 2.69. The molecule has 0 amide bonds. The Labute approximate surface area is 122 Å². The van der Waals surface area contributed by atoms with Crippen LogP contribution in [0.3, 0.4) is 0 Å². The van der Waals surface area contributed by atoms with Crippen LogP contribution in [0.4, 0.5) is 10.1 Å². The van der Waals surface area contributed by atoms with Crippen LogP contribution in [-0.2, 0) is 10.0 Å². The van der Waals surface area contributed by atoms with Crippen molar-refractivity contribution in [3.63, 3.8) is 0 Å². The maximum Gasteiger partial charge on any atom is 0.306 e. The van der Waals surface area contributed by atoms with Crippen molar-refractivity contribution < 1.29 is 17.7 Å². The van der Waals surface area contributed by atoms with Gasteiger partial charge in [0.05, 0.1) is 9.82 Å². The molecule has 1 fully saturated rings. The Morgan fingerprint density at radius 2 is 2.00 bits per heavy atom. The van der Waals surface area contributed by atoms with Crippen molar-refractivity contribution in [2.75, 3.05) is 13.1 Å². The van der Waals surface area contributed by atoms with Crippen LogP contribution in [0.15, 0.2) is 17.0 Å². The molecule has 0 aliphatic carbocycles. The molecule has 0 atom stereocenters. The summed E-state index contributed by atoms with van der Waals surface area (Å²) >= 11 is 0. The molecule has 0 unspecified atom stereocenters. The van der Waals surface area contributed by atoms with E-state index in [2.05, 4.69) is 0 Å². The average molecular weight is 316 g/mol. The van der Waals surface area contributed by atoms with Gasteiger partial charge in [-0.3, -0.25) is 10.1 Å². The molecule has 1 aliphatic rings. The summed E-state index contributed by atoms with van der Waals surface area (Å²) in [4.78, 5) is 9.68. The lowest BCUT2D eigenvalue weighted by Gasteiger charge is -2.20. The van der Waals surface area contributed by atoms with Gasteiger partial charge in [0.25, 0.3) is 0 Å². The highest BCUT2D eigenvalue weighted by Gasteiger charge is 2.38. The fourth-order valence-electron chi connectivity index (χ4n) is 2.47. The van der Waals surface area contributed by atoms with Gasteiger partial charge in [-0.05, 0) is 30.4 Å². The lowest BCUT2D eigenvalue weighted by Crippen LogP contribution is -2.31. The summed E-state index contributed by atoms with van der Waals surface area (Å²) in [7, 11) is -3.85. The summed E-state index contributed by atoms with van der Waals surface area (Å²) in [5.74, 6) is -1.03. The summed E-state index contributed by atoms with van der Waals surface area (Å²) in [6, 6.07) is 1.71. The molecule has 0 saturated carbocycles. The Hall–Kier alpha value is -1.54. The third-order valence-electron chi connectivity index (χ3n) is 3.70. The van der Waals surface area contributed by atoms with Crippen molar-refractivity contribution in [1.82, 2.24) is 4.31 Å². The summed E-state index contributed by atoms with van der Waals surface area (Å²) in [5, 5.41) is 10.8. The predicted octanol–water partition coefficient (Wildman–Crippen LogP) is 2.46. The maximum atomic E-state index is 13.5. The van der Waals surface area contributed by atoms with E-state index < -0.39 is 26.5 Å². The maximum absolute atomic E-state index is 13.5. The van der Waals surface area contributed by atoms with E-state index in [-0.39, 0.29) is 15.9 Å². The molecule has 0 radical (unpaired) electrons. The summed E-state index contributed by atoms with van der Waals surface area (Å²) in [5.41, 5.74) is -0.784. The molecule has 0 bridgehead atoms. The molecule has 1 saturated heterocycles. The second-order valence-corrected chi connectivity index (χ2v) is 7.99. The molecule has 6 nitrogen and oxygen atoms in total. The highest BCUT2D eigenvalue weighted by atomic mass is 32.2. The minimum atomic E-state index is -3.85. The predicted molar refractivity (Wildman–Crippen MR) is 74.9 cm³/mol. The van der Waals surface area contributed by atoms with Crippen LogP contribution in [-0.4, -0.2) is 30.7 Å². The zero-order chi connectivity index (χ0) is 16.0.